The van der Waals surface area contributed by atoms with E-state index in [1.54, 1.807) is 16.8 Å². The standard InChI is InChI=1S/C32H34ClN5O3S/c1-19(2)14-27-24(31(39)37-12-10-34-11-13-37)16-25(30-36-26(18-42-30)22-6-8-23(33)9-7-22)32(40)38(27)28-15-21(5)17-35-29(28)41-20(3)4/h6-9,14-18,20,34H,10-13H2,1-5H3. The van der Waals surface area contributed by atoms with Gasteiger partial charge in [0.1, 0.15) is 10.7 Å². The fourth-order valence-corrected chi connectivity index (χ4v) is 5.78. The summed E-state index contributed by atoms with van der Waals surface area (Å²) in [5.74, 6) is 0.181. The van der Waals surface area contributed by atoms with Gasteiger partial charge in [0.05, 0.1) is 28.6 Å². The smallest absolute Gasteiger partial charge is 0.266 e. The maximum Gasteiger partial charge on any atom is 0.266 e. The quantitative estimate of drug-likeness (QED) is 0.269. The summed E-state index contributed by atoms with van der Waals surface area (Å²) in [5.41, 5.74) is 4.83. The Morgan fingerprint density at radius 2 is 1.86 bits per heavy atom. The molecule has 0 bridgehead atoms. The van der Waals surface area contributed by atoms with Gasteiger partial charge < -0.3 is 15.0 Å². The molecular weight excluding hydrogens is 570 g/mol. The molecule has 1 aliphatic heterocycles. The van der Waals surface area contributed by atoms with Crippen molar-refractivity contribution in [1.29, 1.82) is 0 Å². The summed E-state index contributed by atoms with van der Waals surface area (Å²) in [4.78, 5) is 39.9. The molecule has 0 saturated carbocycles. The molecule has 0 aliphatic carbocycles. The Labute approximate surface area is 254 Å². The summed E-state index contributed by atoms with van der Waals surface area (Å²) >= 11 is 7.45. The van der Waals surface area contributed by atoms with Crippen LogP contribution >= 0.6 is 22.9 Å². The number of aromatic nitrogens is 3. The Bertz CT molecular complexity index is 1700. The number of allylic oxidation sites excluding steroid dienone is 1. The molecule has 3 aromatic heterocycles. The van der Waals surface area contributed by atoms with Gasteiger partial charge in [-0.05, 0) is 70.5 Å². The number of halogens is 1. The van der Waals surface area contributed by atoms with E-state index in [0.717, 1.165) is 22.4 Å². The van der Waals surface area contributed by atoms with Crippen LogP contribution < -0.4 is 15.6 Å². The van der Waals surface area contributed by atoms with Crippen molar-refractivity contribution in [2.45, 2.75) is 40.7 Å². The van der Waals surface area contributed by atoms with Crippen LogP contribution in [0.5, 0.6) is 5.88 Å². The summed E-state index contributed by atoms with van der Waals surface area (Å²) in [6.45, 7) is 12.2. The average molecular weight is 604 g/mol. The van der Waals surface area contributed by atoms with Crippen LogP contribution in [-0.4, -0.2) is 57.6 Å². The number of pyridine rings is 2. The first kappa shape index (κ1) is 29.7. The van der Waals surface area contributed by atoms with Gasteiger partial charge in [0, 0.05) is 48.3 Å². The monoisotopic (exact) mass is 603 g/mol. The van der Waals surface area contributed by atoms with E-state index in [9.17, 15) is 9.59 Å². The normalized spacial score (nSPS) is 13.4. The summed E-state index contributed by atoms with van der Waals surface area (Å²) < 4.78 is 7.65. The lowest BCUT2D eigenvalue weighted by atomic mass is 10.0. The number of rotatable bonds is 7. The first-order valence-electron chi connectivity index (χ1n) is 13.9. The third-order valence-corrected chi connectivity index (χ3v) is 7.86. The Morgan fingerprint density at radius 1 is 1.14 bits per heavy atom. The molecule has 8 nitrogen and oxygen atoms in total. The predicted octanol–water partition coefficient (Wildman–Crippen LogP) is 6.24. The molecule has 1 aromatic carbocycles. The van der Waals surface area contributed by atoms with E-state index in [0.29, 0.717) is 64.6 Å². The van der Waals surface area contributed by atoms with Crippen molar-refractivity contribution in [1.82, 2.24) is 24.8 Å². The van der Waals surface area contributed by atoms with Crippen molar-refractivity contribution in [3.05, 3.63) is 85.7 Å². The molecule has 1 amide bonds. The number of nitrogens with zero attached hydrogens (tertiary/aromatic N) is 4. The molecule has 42 heavy (non-hydrogen) atoms. The van der Waals surface area contributed by atoms with Gasteiger partial charge in [0.15, 0.2) is 0 Å². The van der Waals surface area contributed by atoms with Crippen molar-refractivity contribution in [2.75, 3.05) is 26.2 Å². The first-order valence-corrected chi connectivity index (χ1v) is 15.2. The molecule has 0 unspecified atom stereocenters. The second-order valence-electron chi connectivity index (χ2n) is 10.8. The van der Waals surface area contributed by atoms with E-state index in [-0.39, 0.29) is 17.6 Å². The number of piperazine rings is 1. The lowest BCUT2D eigenvalue weighted by Gasteiger charge is -2.29. The highest BCUT2D eigenvalue weighted by molar-refractivity contribution is 7.13. The van der Waals surface area contributed by atoms with Gasteiger partial charge in [-0.2, -0.15) is 0 Å². The molecule has 1 saturated heterocycles. The Balaban J connectivity index is 1.80. The van der Waals surface area contributed by atoms with Crippen molar-refractivity contribution < 1.29 is 9.53 Å². The fourth-order valence-electron chi connectivity index (χ4n) is 4.81. The summed E-state index contributed by atoms with van der Waals surface area (Å²) in [6, 6.07) is 11.0. The summed E-state index contributed by atoms with van der Waals surface area (Å²) in [5, 5.41) is 6.36. The number of hydrogen-bond acceptors (Lipinski definition) is 7. The van der Waals surface area contributed by atoms with Gasteiger partial charge in [-0.25, -0.2) is 9.97 Å². The van der Waals surface area contributed by atoms with Crippen molar-refractivity contribution in [3.8, 4) is 33.4 Å². The molecule has 4 heterocycles. The number of ether oxygens (including phenoxy) is 1. The van der Waals surface area contributed by atoms with Crippen LogP contribution in [0.3, 0.4) is 0 Å². The third-order valence-electron chi connectivity index (χ3n) is 6.73. The van der Waals surface area contributed by atoms with Crippen molar-refractivity contribution >= 4 is 34.9 Å². The molecule has 1 fully saturated rings. The number of nitrogens with one attached hydrogen (secondary N) is 1. The van der Waals surface area contributed by atoms with Crippen molar-refractivity contribution in [3.63, 3.8) is 0 Å². The number of benzene rings is 1. The van der Waals surface area contributed by atoms with Crippen LogP contribution in [-0.2, 0) is 0 Å². The number of amides is 1. The molecule has 0 spiro atoms. The van der Waals surface area contributed by atoms with Gasteiger partial charge in [0.2, 0.25) is 5.88 Å². The molecule has 5 rings (SSSR count). The summed E-state index contributed by atoms with van der Waals surface area (Å²) in [7, 11) is 0. The van der Waals surface area contributed by atoms with Gasteiger partial charge >= 0.3 is 0 Å². The Morgan fingerprint density at radius 3 is 2.52 bits per heavy atom. The minimum Gasteiger partial charge on any atom is -0.473 e. The number of thiazole rings is 1. The Hall–Kier alpha value is -3.79. The predicted molar refractivity (Wildman–Crippen MR) is 170 cm³/mol. The van der Waals surface area contributed by atoms with E-state index < -0.39 is 0 Å². The highest BCUT2D eigenvalue weighted by atomic mass is 35.5. The van der Waals surface area contributed by atoms with E-state index >= 15 is 0 Å². The first-order chi connectivity index (χ1) is 20.1. The lowest BCUT2D eigenvalue weighted by molar-refractivity contribution is 0.0735. The lowest BCUT2D eigenvalue weighted by Crippen LogP contribution is -2.47. The molecule has 1 aliphatic rings. The van der Waals surface area contributed by atoms with Crippen LogP contribution in [0.15, 0.2) is 58.3 Å². The third kappa shape index (κ3) is 6.33. The topological polar surface area (TPSA) is 89.4 Å². The fraction of sp³-hybridized carbons (Fsp3) is 0.312. The zero-order valence-corrected chi connectivity index (χ0v) is 26.0. The minimum absolute atomic E-state index is 0.138. The van der Waals surface area contributed by atoms with E-state index in [2.05, 4.69) is 10.3 Å². The van der Waals surface area contributed by atoms with Crippen LogP contribution in [0.1, 0.15) is 49.3 Å². The second-order valence-corrected chi connectivity index (χ2v) is 12.1. The zero-order valence-electron chi connectivity index (χ0n) is 24.4. The molecule has 0 radical (unpaired) electrons. The largest absolute Gasteiger partial charge is 0.473 e. The molecule has 4 aromatic rings. The maximum absolute atomic E-state index is 14.5. The summed E-state index contributed by atoms with van der Waals surface area (Å²) in [6.07, 6.45) is 3.42. The van der Waals surface area contributed by atoms with Crippen LogP contribution in [0.25, 0.3) is 33.6 Å². The number of carbonyl (C=O) groups excluding carboxylic acids is 1. The highest BCUT2D eigenvalue weighted by Crippen LogP contribution is 2.32. The molecule has 218 valence electrons. The molecule has 1 N–H and O–H groups in total. The second kappa shape index (κ2) is 12.6. The Kier molecular flexibility index (Phi) is 8.91. The van der Waals surface area contributed by atoms with E-state index in [4.69, 9.17) is 21.3 Å². The van der Waals surface area contributed by atoms with Gasteiger partial charge in [-0.15, -0.1) is 11.3 Å². The van der Waals surface area contributed by atoms with E-state index in [1.165, 1.54) is 11.3 Å². The van der Waals surface area contributed by atoms with Gasteiger partial charge in [-0.1, -0.05) is 29.3 Å². The average Bonchev–Trinajstić information content (AvgIpc) is 3.44. The van der Waals surface area contributed by atoms with E-state index in [1.807, 2.05) is 81.3 Å². The molecular formula is C32H34ClN5O3S. The van der Waals surface area contributed by atoms with Crippen LogP contribution in [0.4, 0.5) is 0 Å². The van der Waals surface area contributed by atoms with Crippen LogP contribution in [0, 0.1) is 6.92 Å². The molecule has 10 heteroatoms. The highest BCUT2D eigenvalue weighted by Gasteiger charge is 2.27. The zero-order chi connectivity index (χ0) is 30.0. The van der Waals surface area contributed by atoms with Crippen LogP contribution in [0.2, 0.25) is 5.02 Å². The van der Waals surface area contributed by atoms with Crippen molar-refractivity contribution in [2.24, 2.45) is 0 Å². The van der Waals surface area contributed by atoms with Gasteiger partial charge in [-0.3, -0.25) is 14.2 Å². The minimum atomic E-state index is -0.308. The number of carbonyl (C=O) groups is 1. The maximum atomic E-state index is 14.5. The number of aryl methyl sites for hydroxylation is 1. The van der Waals surface area contributed by atoms with Gasteiger partial charge in [0.25, 0.3) is 11.5 Å². The number of hydrogen-bond donors (Lipinski definition) is 1. The molecule has 0 atom stereocenters. The SMILES string of the molecule is CC(C)=Cc1c(C(=O)N2CCNCC2)cc(-c2nc(-c3ccc(Cl)cc3)cs2)c(=O)n1-c1cc(C)cnc1OC(C)C.